The number of benzene rings is 1. The first-order valence-corrected chi connectivity index (χ1v) is 14.5. The number of hydrogen-bond acceptors (Lipinski definition) is 3. The third-order valence-electron chi connectivity index (χ3n) is 7.70. The Bertz CT molecular complexity index is 739. The van der Waals surface area contributed by atoms with Crippen LogP contribution in [0.2, 0.25) is 0 Å². The molecule has 0 spiro atoms. The van der Waals surface area contributed by atoms with Crippen molar-refractivity contribution in [3.8, 4) is 0 Å². The SMILES string of the molecule is CC(C)(OP(C1CCCCC1)C1CCCCC1)C1=N[C@@H](C(C)(C)C)CN1c1ccccc1. The zero-order valence-corrected chi connectivity index (χ0v) is 22.0. The lowest BCUT2D eigenvalue weighted by molar-refractivity contribution is 0.193. The van der Waals surface area contributed by atoms with Crippen molar-refractivity contribution >= 4 is 19.7 Å². The van der Waals surface area contributed by atoms with Crippen molar-refractivity contribution < 1.29 is 4.52 Å². The average molecular weight is 457 g/mol. The zero-order chi connectivity index (χ0) is 22.8. The summed E-state index contributed by atoms with van der Waals surface area (Å²) in [6.45, 7) is 12.5. The van der Waals surface area contributed by atoms with Gasteiger partial charge in [0.1, 0.15) is 11.4 Å². The molecule has 1 heterocycles. The standard InChI is InChI=1S/C28H45N2OP/c1-27(2,3)25-21-30(22-15-9-6-10-16-22)26(29-25)28(4,5)31-32(23-17-11-7-12-18-23)24-19-13-8-14-20-24/h6,9-10,15-16,23-25H,7-8,11-14,17-21H2,1-5H3/t25-/m1/s1. The Hall–Kier alpha value is -0.920. The molecule has 0 saturated heterocycles. The topological polar surface area (TPSA) is 24.8 Å². The molecule has 2 saturated carbocycles. The molecular formula is C28H45N2OP. The van der Waals surface area contributed by atoms with Gasteiger partial charge in [-0.25, -0.2) is 0 Å². The average Bonchev–Trinajstić information content (AvgIpc) is 3.27. The number of para-hydroxylation sites is 1. The van der Waals surface area contributed by atoms with Crippen molar-refractivity contribution in [1.29, 1.82) is 0 Å². The maximum Gasteiger partial charge on any atom is 0.136 e. The molecule has 2 aliphatic carbocycles. The van der Waals surface area contributed by atoms with Crippen molar-refractivity contribution in [1.82, 2.24) is 0 Å². The molecule has 1 aromatic carbocycles. The van der Waals surface area contributed by atoms with Gasteiger partial charge in [0.2, 0.25) is 0 Å². The van der Waals surface area contributed by atoms with Crippen LogP contribution in [0.3, 0.4) is 0 Å². The highest BCUT2D eigenvalue weighted by atomic mass is 31.1. The molecule has 3 nitrogen and oxygen atoms in total. The minimum atomic E-state index is -0.439. The number of rotatable bonds is 6. The van der Waals surface area contributed by atoms with E-state index in [0.717, 1.165) is 23.7 Å². The first-order valence-electron chi connectivity index (χ1n) is 13.1. The van der Waals surface area contributed by atoms with E-state index in [1.807, 2.05) is 0 Å². The summed E-state index contributed by atoms with van der Waals surface area (Å²) in [5.41, 5.74) is 2.59. The van der Waals surface area contributed by atoms with Crippen LogP contribution < -0.4 is 4.90 Å². The minimum Gasteiger partial charge on any atom is -0.345 e. The third kappa shape index (κ3) is 5.58. The van der Waals surface area contributed by atoms with Gasteiger partial charge in [-0.2, -0.15) is 0 Å². The molecular weight excluding hydrogens is 411 g/mol. The van der Waals surface area contributed by atoms with E-state index in [2.05, 4.69) is 69.9 Å². The monoisotopic (exact) mass is 456 g/mol. The molecule has 0 radical (unpaired) electrons. The zero-order valence-electron chi connectivity index (χ0n) is 21.1. The Morgan fingerprint density at radius 1 is 0.812 bits per heavy atom. The number of amidine groups is 1. The molecule has 0 aromatic heterocycles. The van der Waals surface area contributed by atoms with Crippen molar-refractivity contribution in [2.75, 3.05) is 11.4 Å². The fourth-order valence-electron chi connectivity index (χ4n) is 5.72. The largest absolute Gasteiger partial charge is 0.345 e. The fraction of sp³-hybridized carbons (Fsp3) is 0.750. The number of aliphatic imine (C=N–C) groups is 1. The molecule has 2 fully saturated rings. The lowest BCUT2D eigenvalue weighted by atomic mass is 9.87. The second-order valence-electron chi connectivity index (χ2n) is 11.8. The minimum absolute atomic E-state index is 0.141. The number of anilines is 1. The van der Waals surface area contributed by atoms with Gasteiger partial charge in [0.25, 0.3) is 0 Å². The van der Waals surface area contributed by atoms with Gasteiger partial charge < -0.3 is 9.42 Å². The molecule has 3 aliphatic rings. The van der Waals surface area contributed by atoms with Gasteiger partial charge in [-0.05, 0) is 57.1 Å². The molecule has 32 heavy (non-hydrogen) atoms. The predicted octanol–water partition coefficient (Wildman–Crippen LogP) is 8.18. The fourth-order valence-corrected chi connectivity index (χ4v) is 8.98. The van der Waals surface area contributed by atoms with E-state index in [1.54, 1.807) is 0 Å². The van der Waals surface area contributed by atoms with E-state index in [0.29, 0.717) is 0 Å². The summed E-state index contributed by atoms with van der Waals surface area (Å²) >= 11 is 0. The first kappa shape index (κ1) is 24.2. The summed E-state index contributed by atoms with van der Waals surface area (Å²) in [5.74, 6) is 1.14. The van der Waals surface area contributed by atoms with E-state index in [-0.39, 0.29) is 17.1 Å². The quantitative estimate of drug-likeness (QED) is 0.403. The second-order valence-corrected chi connectivity index (χ2v) is 14.2. The highest BCUT2D eigenvalue weighted by Crippen LogP contribution is 2.59. The van der Waals surface area contributed by atoms with Crippen molar-refractivity contribution in [2.45, 2.75) is 122 Å². The van der Waals surface area contributed by atoms with Crippen LogP contribution in [-0.4, -0.2) is 35.3 Å². The van der Waals surface area contributed by atoms with Gasteiger partial charge in [-0.15, -0.1) is 0 Å². The number of hydrogen-bond donors (Lipinski definition) is 0. The van der Waals surface area contributed by atoms with Crippen LogP contribution in [0.5, 0.6) is 0 Å². The lowest BCUT2D eigenvalue weighted by Gasteiger charge is -2.43. The second kappa shape index (κ2) is 10.1. The van der Waals surface area contributed by atoms with Crippen LogP contribution in [0.4, 0.5) is 5.69 Å². The lowest BCUT2D eigenvalue weighted by Crippen LogP contribution is -2.45. The van der Waals surface area contributed by atoms with E-state index < -0.39 is 8.15 Å². The van der Waals surface area contributed by atoms with E-state index in [4.69, 9.17) is 9.52 Å². The molecule has 1 aromatic rings. The Labute approximate surface area is 198 Å². The molecule has 0 N–H and O–H groups in total. The predicted molar refractivity (Wildman–Crippen MR) is 140 cm³/mol. The van der Waals surface area contributed by atoms with Gasteiger partial charge in [-0.3, -0.25) is 4.99 Å². The van der Waals surface area contributed by atoms with Crippen molar-refractivity contribution in [2.24, 2.45) is 10.4 Å². The normalized spacial score (nSPS) is 24.2. The molecule has 4 heteroatoms. The van der Waals surface area contributed by atoms with E-state index in [9.17, 15) is 0 Å². The van der Waals surface area contributed by atoms with Crippen LogP contribution in [0.15, 0.2) is 35.3 Å². The van der Waals surface area contributed by atoms with Gasteiger partial charge in [-0.1, -0.05) is 77.5 Å². The van der Waals surface area contributed by atoms with Crippen molar-refractivity contribution in [3.05, 3.63) is 30.3 Å². The molecule has 1 aliphatic heterocycles. The van der Waals surface area contributed by atoms with Gasteiger partial charge in [0.15, 0.2) is 0 Å². The summed E-state index contributed by atoms with van der Waals surface area (Å²) in [6, 6.07) is 11.1. The summed E-state index contributed by atoms with van der Waals surface area (Å²) < 4.78 is 7.31. The molecule has 4 rings (SSSR count). The summed E-state index contributed by atoms with van der Waals surface area (Å²) in [5, 5.41) is 0. The van der Waals surface area contributed by atoms with Gasteiger partial charge >= 0.3 is 0 Å². The maximum atomic E-state index is 7.31. The van der Waals surface area contributed by atoms with Gasteiger partial charge in [0.05, 0.1) is 6.04 Å². The Balaban J connectivity index is 1.62. The summed E-state index contributed by atoms with van der Waals surface area (Å²) in [7, 11) is -0.439. The van der Waals surface area contributed by atoms with Crippen LogP contribution in [0.1, 0.15) is 98.8 Å². The first-order chi connectivity index (χ1) is 15.3. The van der Waals surface area contributed by atoms with Crippen LogP contribution in [0.25, 0.3) is 0 Å². The smallest absolute Gasteiger partial charge is 0.136 e. The Morgan fingerprint density at radius 2 is 1.34 bits per heavy atom. The summed E-state index contributed by atoms with van der Waals surface area (Å²) in [6.07, 6.45) is 13.9. The maximum absolute atomic E-state index is 7.31. The molecule has 0 bridgehead atoms. The van der Waals surface area contributed by atoms with Crippen LogP contribution in [-0.2, 0) is 4.52 Å². The highest BCUT2D eigenvalue weighted by molar-refractivity contribution is 7.54. The van der Waals surface area contributed by atoms with Gasteiger partial charge in [0, 0.05) is 31.7 Å². The molecule has 0 amide bonds. The third-order valence-corrected chi connectivity index (χ3v) is 10.8. The molecule has 0 unspecified atom stereocenters. The van der Waals surface area contributed by atoms with E-state index in [1.165, 1.54) is 69.9 Å². The Kier molecular flexibility index (Phi) is 7.67. The molecule has 1 atom stereocenters. The molecule has 178 valence electrons. The van der Waals surface area contributed by atoms with Crippen LogP contribution in [0, 0.1) is 5.41 Å². The number of nitrogens with zero attached hydrogens (tertiary/aromatic N) is 2. The van der Waals surface area contributed by atoms with Crippen LogP contribution >= 0.6 is 8.15 Å². The van der Waals surface area contributed by atoms with Crippen molar-refractivity contribution in [3.63, 3.8) is 0 Å². The Morgan fingerprint density at radius 3 is 1.84 bits per heavy atom. The highest BCUT2D eigenvalue weighted by Gasteiger charge is 2.44. The summed E-state index contributed by atoms with van der Waals surface area (Å²) in [4.78, 5) is 7.81. The van der Waals surface area contributed by atoms with E-state index >= 15 is 0 Å².